The third-order valence-corrected chi connectivity index (χ3v) is 0.569. The summed E-state index contributed by atoms with van der Waals surface area (Å²) < 4.78 is 18.7. The Kier molecular flexibility index (Phi) is 150. The Bertz CT molecular complexity index is 45.9. The van der Waals surface area contributed by atoms with Gasteiger partial charge in [-0.3, -0.25) is 0 Å². The van der Waals surface area contributed by atoms with Gasteiger partial charge in [-0.2, -0.15) is 0 Å². The molecule has 104 valence electrons. The number of ether oxygens (including phenoxy) is 4. The maximum Gasteiger partial charge on any atom is 0.152 e. The van der Waals surface area contributed by atoms with E-state index in [1.165, 1.54) is 0 Å². The molecule has 0 aliphatic carbocycles. The average Bonchev–Trinajstić information content (AvgIpc) is 1.89. The molecule has 0 atom stereocenters. The Morgan fingerprint density at radius 2 is 0.800 bits per heavy atom. The van der Waals surface area contributed by atoms with Gasteiger partial charge in [0.1, 0.15) is 13.6 Å². The van der Waals surface area contributed by atoms with Crippen molar-refractivity contribution >= 4 is 0 Å². The molecule has 0 aliphatic rings. The Balaban J connectivity index is -0.0000000213. The largest absolute Gasteiger partial charge is 0.359 e. The van der Waals surface area contributed by atoms with E-state index < -0.39 is 0 Å². The van der Waals surface area contributed by atoms with Crippen molar-refractivity contribution in [3.8, 4) is 0 Å². The minimum absolute atomic E-state index is 0. The number of methoxy groups -OCH3 is 2. The van der Waals surface area contributed by atoms with Gasteiger partial charge in [0.05, 0.1) is 0 Å². The van der Waals surface area contributed by atoms with Gasteiger partial charge in [0.15, 0.2) is 6.79 Å². The van der Waals surface area contributed by atoms with Crippen molar-refractivity contribution in [2.75, 3.05) is 34.6 Å². The SMILES string of the molecule is C.C.C.C.C.C.COCOCOCOC. The molecule has 0 N–H and O–H groups in total. The lowest BCUT2D eigenvalue weighted by Crippen LogP contribution is -2.04. The molecule has 15 heavy (non-hydrogen) atoms. The smallest absolute Gasteiger partial charge is 0.152 e. The second-order valence-electron chi connectivity index (χ2n) is 1.34. The van der Waals surface area contributed by atoms with Gasteiger partial charge in [-0.15, -0.1) is 0 Å². The van der Waals surface area contributed by atoms with Crippen molar-refractivity contribution in [1.29, 1.82) is 0 Å². The monoisotopic (exact) mass is 232 g/mol. The molecular weight excluding hydrogens is 196 g/mol. The molecule has 0 aliphatic heterocycles. The van der Waals surface area contributed by atoms with Crippen molar-refractivity contribution < 1.29 is 18.9 Å². The van der Waals surface area contributed by atoms with Gasteiger partial charge < -0.3 is 18.9 Å². The van der Waals surface area contributed by atoms with Crippen LogP contribution in [0.1, 0.15) is 44.6 Å². The van der Waals surface area contributed by atoms with Crippen LogP contribution in [0.3, 0.4) is 0 Å². The highest BCUT2D eigenvalue weighted by Crippen LogP contribution is 1.77. The summed E-state index contributed by atoms with van der Waals surface area (Å²) in [4.78, 5) is 0. The highest BCUT2D eigenvalue weighted by Gasteiger charge is 1.82. The summed E-state index contributed by atoms with van der Waals surface area (Å²) in [6, 6.07) is 0. The fourth-order valence-corrected chi connectivity index (χ4v) is 0.294. The Labute approximate surface area is 98.9 Å². The van der Waals surface area contributed by atoms with Crippen molar-refractivity contribution in [3.05, 3.63) is 0 Å². The maximum atomic E-state index is 4.76. The first kappa shape index (κ1) is 46.2. The van der Waals surface area contributed by atoms with E-state index >= 15 is 0 Å². The number of hydrogen-bond donors (Lipinski definition) is 0. The van der Waals surface area contributed by atoms with Gasteiger partial charge >= 0.3 is 0 Å². The molecule has 0 heterocycles. The second-order valence-corrected chi connectivity index (χ2v) is 1.34. The summed E-state index contributed by atoms with van der Waals surface area (Å²) in [7, 11) is 3.10. The number of rotatable bonds is 6. The predicted octanol–water partition coefficient (Wildman–Crippen LogP) is 4.00. The van der Waals surface area contributed by atoms with Crippen LogP contribution in [0.25, 0.3) is 0 Å². The predicted molar refractivity (Wildman–Crippen MR) is 71.2 cm³/mol. The van der Waals surface area contributed by atoms with Crippen molar-refractivity contribution in [2.45, 2.75) is 44.6 Å². The minimum Gasteiger partial charge on any atom is -0.359 e. The average molecular weight is 232 g/mol. The summed E-state index contributed by atoms with van der Waals surface area (Å²) in [5.74, 6) is 0. The number of hydrogen-bond acceptors (Lipinski definition) is 4. The quantitative estimate of drug-likeness (QED) is 0.512. The van der Waals surface area contributed by atoms with Gasteiger partial charge in [-0.1, -0.05) is 44.6 Å². The molecule has 0 radical (unpaired) electrons. The third-order valence-electron chi connectivity index (χ3n) is 0.569. The molecule has 0 saturated carbocycles. The summed E-state index contributed by atoms with van der Waals surface area (Å²) >= 11 is 0. The van der Waals surface area contributed by atoms with Crippen molar-refractivity contribution in [1.82, 2.24) is 0 Å². The van der Waals surface area contributed by atoms with Gasteiger partial charge in [0.2, 0.25) is 0 Å². The summed E-state index contributed by atoms with van der Waals surface area (Å²) in [5, 5.41) is 0. The van der Waals surface area contributed by atoms with Crippen molar-refractivity contribution in [3.63, 3.8) is 0 Å². The van der Waals surface area contributed by atoms with Crippen LogP contribution in [0.15, 0.2) is 0 Å². The molecule has 0 unspecified atom stereocenters. The molecule has 0 amide bonds. The molecule has 0 bridgehead atoms. The zero-order chi connectivity index (χ0) is 6.95. The van der Waals surface area contributed by atoms with Gasteiger partial charge in [-0.25, -0.2) is 0 Å². The zero-order valence-electron chi connectivity index (χ0n) is 5.75. The highest BCUT2D eigenvalue weighted by molar-refractivity contribution is 4.00. The van der Waals surface area contributed by atoms with Crippen LogP contribution in [-0.4, -0.2) is 34.6 Å². The molecule has 0 rings (SSSR count). The van der Waals surface area contributed by atoms with E-state index in [1.807, 2.05) is 0 Å². The standard InChI is InChI=1S/C5H12O4.6CH4/c1-6-3-8-5-9-4-7-2;;;;;;/h3-5H2,1-2H3;6*1H4. The van der Waals surface area contributed by atoms with Crippen LogP contribution in [-0.2, 0) is 18.9 Å². The molecular formula is C11H36O4. The highest BCUT2D eigenvalue weighted by atomic mass is 16.8. The lowest BCUT2D eigenvalue weighted by Gasteiger charge is -2.01. The Morgan fingerprint density at radius 1 is 0.533 bits per heavy atom. The van der Waals surface area contributed by atoms with Crippen LogP contribution < -0.4 is 0 Å². The van der Waals surface area contributed by atoms with Gasteiger partial charge in [-0.05, 0) is 0 Å². The van der Waals surface area contributed by atoms with E-state index in [1.54, 1.807) is 14.2 Å². The lowest BCUT2D eigenvalue weighted by molar-refractivity contribution is -0.157. The molecule has 0 aromatic heterocycles. The molecule has 4 heteroatoms. The topological polar surface area (TPSA) is 36.9 Å². The molecule has 0 fully saturated rings. The van der Waals surface area contributed by atoms with E-state index in [9.17, 15) is 0 Å². The van der Waals surface area contributed by atoms with Crippen LogP contribution in [0.4, 0.5) is 0 Å². The molecule has 0 aromatic carbocycles. The lowest BCUT2D eigenvalue weighted by atomic mass is 11.3. The van der Waals surface area contributed by atoms with Crippen LogP contribution in [0.2, 0.25) is 0 Å². The summed E-state index contributed by atoms with van der Waals surface area (Å²) in [6.45, 7) is 0.717. The van der Waals surface area contributed by atoms with E-state index in [0.29, 0.717) is 0 Å². The Hall–Kier alpha value is -0.160. The van der Waals surface area contributed by atoms with Crippen LogP contribution >= 0.6 is 0 Å². The summed E-state index contributed by atoms with van der Waals surface area (Å²) in [6.07, 6.45) is 0. The molecule has 0 aromatic rings. The van der Waals surface area contributed by atoms with E-state index in [0.717, 1.165) is 0 Å². The van der Waals surface area contributed by atoms with E-state index in [-0.39, 0.29) is 64.9 Å². The van der Waals surface area contributed by atoms with Crippen LogP contribution in [0, 0.1) is 0 Å². The van der Waals surface area contributed by atoms with Gasteiger partial charge in [0.25, 0.3) is 0 Å². The first-order valence-corrected chi connectivity index (χ1v) is 2.55. The minimum atomic E-state index is 0. The summed E-state index contributed by atoms with van der Waals surface area (Å²) in [5.41, 5.74) is 0. The molecule has 0 spiro atoms. The second kappa shape index (κ2) is 48.8. The fourth-order valence-electron chi connectivity index (χ4n) is 0.294. The molecule has 4 nitrogen and oxygen atoms in total. The van der Waals surface area contributed by atoms with E-state index in [2.05, 4.69) is 9.47 Å². The van der Waals surface area contributed by atoms with Crippen LogP contribution in [0.5, 0.6) is 0 Å². The normalized spacial score (nSPS) is 6.00. The first-order valence-electron chi connectivity index (χ1n) is 2.55. The zero-order valence-corrected chi connectivity index (χ0v) is 5.75. The fraction of sp³-hybridized carbons (Fsp3) is 1.00. The van der Waals surface area contributed by atoms with E-state index in [4.69, 9.17) is 9.47 Å². The van der Waals surface area contributed by atoms with Crippen molar-refractivity contribution in [2.24, 2.45) is 0 Å². The first-order chi connectivity index (χ1) is 4.41. The third kappa shape index (κ3) is 56.9. The Morgan fingerprint density at radius 3 is 1.00 bits per heavy atom. The molecule has 0 saturated heterocycles. The maximum absolute atomic E-state index is 4.76. The van der Waals surface area contributed by atoms with Gasteiger partial charge in [0, 0.05) is 14.2 Å².